The highest BCUT2D eigenvalue weighted by Gasteiger charge is 2.49. The molecule has 1 saturated carbocycles. The number of benzene rings is 1. The lowest BCUT2D eigenvalue weighted by atomic mass is 9.99. The number of nitrogens with two attached hydrogens (primary N) is 1. The summed E-state index contributed by atoms with van der Waals surface area (Å²) in [6.45, 7) is 0. The van der Waals surface area contributed by atoms with Crippen LogP contribution < -0.4 is 5.73 Å². The molecule has 1 unspecified atom stereocenters. The number of halogens is 2. The fraction of sp³-hybridized carbons (Fsp3) is 0.450. The highest BCUT2D eigenvalue weighted by Crippen LogP contribution is 2.37. The van der Waals surface area contributed by atoms with Crippen molar-refractivity contribution >= 4 is 51.2 Å². The minimum Gasteiger partial charge on any atom is -0.387 e. The number of hydrogen-bond donors (Lipinski definition) is 3. The van der Waals surface area contributed by atoms with Crippen molar-refractivity contribution in [2.24, 2.45) is 0 Å². The molecule has 3 heterocycles. The third-order valence-electron chi connectivity index (χ3n) is 5.55. The topological polar surface area (TPSA) is 129 Å². The van der Waals surface area contributed by atoms with Crippen LogP contribution in [0.15, 0.2) is 30.6 Å². The lowest BCUT2D eigenvalue weighted by Gasteiger charge is -2.26. The van der Waals surface area contributed by atoms with Gasteiger partial charge in [-0.1, -0.05) is 12.1 Å². The maximum Gasteiger partial charge on any atom is 0.226 e. The Balaban J connectivity index is 1.44. The number of anilines is 1. The van der Waals surface area contributed by atoms with Crippen molar-refractivity contribution in [2.45, 2.75) is 56.0 Å². The number of nitrogens with zero attached hydrogens (tertiary/aromatic N) is 4. The number of fused-ring (bicyclic) bond motifs is 1. The second-order valence-electron chi connectivity index (χ2n) is 7.88. The van der Waals surface area contributed by atoms with Crippen molar-refractivity contribution in [3.8, 4) is 0 Å². The lowest BCUT2D eigenvalue weighted by molar-refractivity contribution is -0.111. The molecule has 3 aromatic rings. The van der Waals surface area contributed by atoms with Crippen molar-refractivity contribution in [3.63, 3.8) is 0 Å². The molecule has 1 aromatic carbocycles. The average molecular weight is 558 g/mol. The molecule has 31 heavy (non-hydrogen) atoms. The SMILES string of the molecule is Nc1nc(Cl)nc2c1ncn2[C@@H]1O[C@H](C(Cc2cccc(I)c2)OC2CC2)[C@@H](O)[C@H]1O. The van der Waals surface area contributed by atoms with Crippen molar-refractivity contribution in [3.05, 3.63) is 45.0 Å². The highest BCUT2D eigenvalue weighted by atomic mass is 127. The maximum atomic E-state index is 10.9. The molecule has 1 aliphatic heterocycles. The Morgan fingerprint density at radius 3 is 2.84 bits per heavy atom. The predicted molar refractivity (Wildman–Crippen MR) is 121 cm³/mol. The van der Waals surface area contributed by atoms with Crippen molar-refractivity contribution in [1.82, 2.24) is 19.5 Å². The van der Waals surface area contributed by atoms with Crippen molar-refractivity contribution < 1.29 is 19.7 Å². The molecule has 5 atom stereocenters. The van der Waals surface area contributed by atoms with Gasteiger partial charge in [0.2, 0.25) is 5.28 Å². The summed E-state index contributed by atoms with van der Waals surface area (Å²) in [4.78, 5) is 12.3. The van der Waals surface area contributed by atoms with E-state index in [9.17, 15) is 10.2 Å². The Kier molecular flexibility index (Phi) is 5.78. The molecule has 9 nitrogen and oxygen atoms in total. The van der Waals surface area contributed by atoms with E-state index in [0.29, 0.717) is 17.6 Å². The van der Waals surface area contributed by atoms with Gasteiger partial charge >= 0.3 is 0 Å². The molecular weight excluding hydrogens is 537 g/mol. The Labute approximate surface area is 196 Å². The van der Waals surface area contributed by atoms with E-state index in [-0.39, 0.29) is 17.2 Å². The van der Waals surface area contributed by atoms with Crippen molar-refractivity contribution in [1.29, 1.82) is 0 Å². The molecule has 5 rings (SSSR count). The molecule has 2 aliphatic rings. The number of rotatable bonds is 6. The predicted octanol–water partition coefficient (Wildman–Crippen LogP) is 2.08. The molecule has 1 aliphatic carbocycles. The summed E-state index contributed by atoms with van der Waals surface area (Å²) in [6, 6.07) is 8.10. The summed E-state index contributed by atoms with van der Waals surface area (Å²) in [5.74, 6) is 0.131. The van der Waals surface area contributed by atoms with E-state index in [1.54, 1.807) is 0 Å². The first-order valence-electron chi connectivity index (χ1n) is 9.98. The van der Waals surface area contributed by atoms with Gasteiger partial charge in [-0.3, -0.25) is 4.57 Å². The molecule has 0 spiro atoms. The van der Waals surface area contributed by atoms with Gasteiger partial charge in [-0.25, -0.2) is 4.98 Å². The number of ether oxygens (including phenoxy) is 2. The zero-order valence-corrected chi connectivity index (χ0v) is 19.2. The number of aromatic nitrogens is 4. The van der Waals surface area contributed by atoms with Crippen LogP contribution in [0, 0.1) is 3.57 Å². The molecule has 1 saturated heterocycles. The van der Waals surface area contributed by atoms with Crippen LogP contribution in [-0.2, 0) is 15.9 Å². The third-order valence-corrected chi connectivity index (χ3v) is 6.39. The maximum absolute atomic E-state index is 10.9. The molecule has 2 fully saturated rings. The van der Waals surface area contributed by atoms with Crippen LogP contribution in [0.4, 0.5) is 5.82 Å². The molecule has 4 N–H and O–H groups in total. The van der Waals surface area contributed by atoms with Gasteiger partial charge in [0.05, 0.1) is 18.5 Å². The molecular formula is C20H21ClIN5O4. The Morgan fingerprint density at radius 2 is 2.10 bits per heavy atom. The molecule has 164 valence electrons. The summed E-state index contributed by atoms with van der Waals surface area (Å²) >= 11 is 8.22. The second kappa shape index (κ2) is 8.41. The van der Waals surface area contributed by atoms with Crippen LogP contribution in [0.5, 0.6) is 0 Å². The van der Waals surface area contributed by atoms with Gasteiger partial charge in [0.1, 0.15) is 23.8 Å². The fourth-order valence-corrected chi connectivity index (χ4v) is 4.69. The summed E-state index contributed by atoms with van der Waals surface area (Å²) in [5, 5.41) is 21.7. The monoisotopic (exact) mass is 557 g/mol. The fourth-order valence-electron chi connectivity index (χ4n) is 3.91. The smallest absolute Gasteiger partial charge is 0.226 e. The third kappa shape index (κ3) is 4.24. The molecule has 0 amide bonds. The first-order chi connectivity index (χ1) is 14.9. The normalized spacial score (nSPS) is 27.1. The van der Waals surface area contributed by atoms with Crippen LogP contribution in [0.2, 0.25) is 5.28 Å². The Morgan fingerprint density at radius 1 is 1.29 bits per heavy atom. The summed E-state index contributed by atoms with van der Waals surface area (Å²) in [6.07, 6.45) is -0.300. The Bertz CT molecular complexity index is 1110. The Hall–Kier alpha value is -1.57. The first kappa shape index (κ1) is 21.3. The van der Waals surface area contributed by atoms with E-state index < -0.39 is 30.6 Å². The van der Waals surface area contributed by atoms with Gasteiger partial charge in [-0.15, -0.1) is 0 Å². The minimum atomic E-state index is -1.21. The zero-order valence-electron chi connectivity index (χ0n) is 16.3. The minimum absolute atomic E-state index is 0.0371. The van der Waals surface area contributed by atoms with E-state index in [1.165, 1.54) is 10.9 Å². The number of imidazole rings is 1. The molecule has 2 aromatic heterocycles. The lowest BCUT2D eigenvalue weighted by Crippen LogP contribution is -2.41. The van der Waals surface area contributed by atoms with E-state index in [0.717, 1.165) is 22.0 Å². The van der Waals surface area contributed by atoms with Gasteiger partial charge < -0.3 is 25.4 Å². The second-order valence-corrected chi connectivity index (χ2v) is 9.47. The zero-order chi connectivity index (χ0) is 21.7. The van der Waals surface area contributed by atoms with E-state index in [2.05, 4.69) is 43.6 Å². The largest absolute Gasteiger partial charge is 0.387 e. The number of hydrogen-bond acceptors (Lipinski definition) is 8. The van der Waals surface area contributed by atoms with Crippen LogP contribution >= 0.6 is 34.2 Å². The van der Waals surface area contributed by atoms with E-state index in [4.69, 9.17) is 26.8 Å². The van der Waals surface area contributed by atoms with Gasteiger partial charge in [0, 0.05) is 9.99 Å². The van der Waals surface area contributed by atoms with Gasteiger partial charge in [0.25, 0.3) is 0 Å². The first-order valence-corrected chi connectivity index (χ1v) is 11.4. The summed E-state index contributed by atoms with van der Waals surface area (Å²) in [7, 11) is 0. The van der Waals surface area contributed by atoms with Crippen molar-refractivity contribution in [2.75, 3.05) is 5.73 Å². The average Bonchev–Trinajstić information content (AvgIpc) is 3.37. The molecule has 0 radical (unpaired) electrons. The summed E-state index contributed by atoms with van der Waals surface area (Å²) < 4.78 is 15.0. The number of aliphatic hydroxyl groups excluding tert-OH is 2. The molecule has 0 bridgehead atoms. The quantitative estimate of drug-likeness (QED) is 0.310. The van der Waals surface area contributed by atoms with Crippen LogP contribution in [0.1, 0.15) is 24.6 Å². The van der Waals surface area contributed by atoms with Gasteiger partial charge in [0.15, 0.2) is 17.7 Å². The van der Waals surface area contributed by atoms with Gasteiger partial charge in [-0.05, 0) is 64.7 Å². The summed E-state index contributed by atoms with van der Waals surface area (Å²) in [5.41, 5.74) is 7.63. The number of nitrogen functional groups attached to an aromatic ring is 1. The van der Waals surface area contributed by atoms with E-state index >= 15 is 0 Å². The standard InChI is InChI=1S/C20H21ClIN5O4/c21-20-25-17(23)13-18(26-20)27(8-24-13)19-15(29)14(28)16(31-19)12(30-11-4-5-11)7-9-2-1-3-10(22)6-9/h1-3,6,8,11-12,14-16,19,28-29H,4-5,7H2,(H2,23,25,26)/t12?,14-,15+,16+,19+/m0/s1. The van der Waals surface area contributed by atoms with Crippen LogP contribution in [0.3, 0.4) is 0 Å². The highest BCUT2D eigenvalue weighted by molar-refractivity contribution is 14.1. The number of aliphatic hydroxyl groups is 2. The molecule has 11 heteroatoms. The van der Waals surface area contributed by atoms with Crippen LogP contribution in [0.25, 0.3) is 11.2 Å². The van der Waals surface area contributed by atoms with E-state index in [1.807, 2.05) is 18.2 Å². The van der Waals surface area contributed by atoms with Crippen LogP contribution in [-0.4, -0.2) is 60.3 Å². The van der Waals surface area contributed by atoms with Gasteiger partial charge in [-0.2, -0.15) is 9.97 Å².